The number of benzene rings is 1. The molecule has 6 nitrogen and oxygen atoms in total. The average molecular weight is 341 g/mol. The molecule has 0 bridgehead atoms. The van der Waals surface area contributed by atoms with Crippen LogP contribution in [0, 0.1) is 0 Å². The van der Waals surface area contributed by atoms with Crippen molar-refractivity contribution in [2.24, 2.45) is 12.8 Å². The first-order valence-electron chi connectivity index (χ1n) is 7.62. The Morgan fingerprint density at radius 1 is 1.29 bits per heavy atom. The summed E-state index contributed by atoms with van der Waals surface area (Å²) in [5, 5.41) is 5.05. The Bertz CT molecular complexity index is 853. The Labute approximate surface area is 144 Å². The van der Waals surface area contributed by atoms with Gasteiger partial charge in [0, 0.05) is 29.8 Å². The van der Waals surface area contributed by atoms with Crippen LogP contribution < -0.4 is 10.6 Å². The molecule has 3 rings (SSSR count). The molecule has 1 aromatic carbocycles. The van der Waals surface area contributed by atoms with E-state index in [1.807, 2.05) is 36.4 Å². The van der Waals surface area contributed by atoms with Crippen LogP contribution in [0.5, 0.6) is 0 Å². The van der Waals surface area contributed by atoms with E-state index in [9.17, 15) is 4.79 Å². The van der Waals surface area contributed by atoms with Crippen LogP contribution in [0.1, 0.15) is 24.6 Å². The van der Waals surface area contributed by atoms with Gasteiger partial charge in [-0.05, 0) is 5.92 Å². The molecule has 0 aliphatic heterocycles. The van der Waals surface area contributed by atoms with E-state index in [2.05, 4.69) is 23.9 Å². The van der Waals surface area contributed by atoms with Gasteiger partial charge in [-0.3, -0.25) is 4.68 Å². The maximum absolute atomic E-state index is 12.1. The number of carbonyl (C=O) groups is 1. The van der Waals surface area contributed by atoms with Gasteiger partial charge in [-0.2, -0.15) is 5.10 Å². The van der Waals surface area contributed by atoms with Crippen LogP contribution in [0.4, 0.5) is 15.7 Å². The Morgan fingerprint density at radius 3 is 2.58 bits per heavy atom. The fourth-order valence-corrected chi connectivity index (χ4v) is 3.30. The number of thiazole rings is 1. The molecule has 0 spiro atoms. The summed E-state index contributed by atoms with van der Waals surface area (Å²) in [5.41, 5.74) is 7.37. The quantitative estimate of drug-likeness (QED) is 0.782. The van der Waals surface area contributed by atoms with E-state index in [0.717, 1.165) is 16.1 Å². The van der Waals surface area contributed by atoms with Gasteiger partial charge >= 0.3 is 6.03 Å². The summed E-state index contributed by atoms with van der Waals surface area (Å²) in [5.74, 6) is 0.934. The highest BCUT2D eigenvalue weighted by Crippen LogP contribution is 2.34. The van der Waals surface area contributed by atoms with Crippen LogP contribution in [-0.2, 0) is 7.05 Å². The van der Waals surface area contributed by atoms with E-state index < -0.39 is 6.03 Å². The largest absolute Gasteiger partial charge is 0.351 e. The van der Waals surface area contributed by atoms with Gasteiger partial charge in [0.25, 0.3) is 0 Å². The predicted octanol–water partition coefficient (Wildman–Crippen LogP) is 3.88. The second-order valence-electron chi connectivity index (χ2n) is 5.75. The zero-order chi connectivity index (χ0) is 17.3. The molecule has 124 valence electrons. The fraction of sp³-hybridized carbons (Fsp3) is 0.235. The third-order valence-corrected chi connectivity index (χ3v) is 4.93. The van der Waals surface area contributed by atoms with E-state index in [4.69, 9.17) is 5.73 Å². The molecule has 0 radical (unpaired) electrons. The highest BCUT2D eigenvalue weighted by Gasteiger charge is 2.23. The molecule has 2 heterocycles. The number of carbonyl (C=O) groups excluding carboxylic acids is 1. The van der Waals surface area contributed by atoms with Crippen molar-refractivity contribution in [2.75, 3.05) is 4.90 Å². The van der Waals surface area contributed by atoms with Gasteiger partial charge in [-0.1, -0.05) is 44.2 Å². The van der Waals surface area contributed by atoms with Crippen LogP contribution in [0.2, 0.25) is 0 Å². The molecule has 0 aliphatic rings. The van der Waals surface area contributed by atoms with Crippen molar-refractivity contribution in [1.82, 2.24) is 14.8 Å². The highest BCUT2D eigenvalue weighted by molar-refractivity contribution is 7.15. The lowest BCUT2D eigenvalue weighted by molar-refractivity contribution is 0.255. The van der Waals surface area contributed by atoms with E-state index in [1.165, 1.54) is 16.2 Å². The fourth-order valence-electron chi connectivity index (χ4n) is 2.37. The first-order chi connectivity index (χ1) is 11.5. The summed E-state index contributed by atoms with van der Waals surface area (Å²) in [4.78, 5) is 18.9. The van der Waals surface area contributed by atoms with Crippen LogP contribution in [0.15, 0.2) is 42.6 Å². The Morgan fingerprint density at radius 2 is 2.00 bits per heavy atom. The molecular weight excluding hydrogens is 322 g/mol. The number of urea groups is 1. The molecule has 2 amide bonds. The van der Waals surface area contributed by atoms with Gasteiger partial charge in [0.2, 0.25) is 0 Å². The van der Waals surface area contributed by atoms with E-state index in [0.29, 0.717) is 16.9 Å². The minimum absolute atomic E-state index is 0.345. The molecule has 0 saturated heterocycles. The zero-order valence-corrected chi connectivity index (χ0v) is 14.6. The maximum Gasteiger partial charge on any atom is 0.326 e. The van der Waals surface area contributed by atoms with Crippen molar-refractivity contribution < 1.29 is 4.79 Å². The number of hydrogen-bond donors (Lipinski definition) is 1. The van der Waals surface area contributed by atoms with Gasteiger partial charge < -0.3 is 5.73 Å². The maximum atomic E-state index is 12.1. The number of amides is 2. The number of nitrogens with zero attached hydrogens (tertiary/aromatic N) is 4. The van der Waals surface area contributed by atoms with Crippen LogP contribution in [0.25, 0.3) is 11.3 Å². The van der Waals surface area contributed by atoms with Crippen LogP contribution in [-0.4, -0.2) is 20.8 Å². The number of rotatable bonds is 4. The number of hydrogen-bond acceptors (Lipinski definition) is 4. The van der Waals surface area contributed by atoms with E-state index >= 15 is 0 Å². The normalized spacial score (nSPS) is 11.0. The predicted molar refractivity (Wildman–Crippen MR) is 96.6 cm³/mol. The average Bonchev–Trinajstić information content (AvgIpc) is 3.17. The monoisotopic (exact) mass is 341 g/mol. The van der Waals surface area contributed by atoms with Crippen molar-refractivity contribution in [2.45, 2.75) is 19.8 Å². The standard InChI is InChI=1S/C17H19N5OS/c1-11(2)14-10-19-17(24-14)22(16(18)23)15-9-13(20-21(15)3)12-7-5-4-6-8-12/h4-11H,1-3H3,(H2,18,23). The Hall–Kier alpha value is -2.67. The van der Waals surface area contributed by atoms with Gasteiger partial charge in [-0.15, -0.1) is 11.3 Å². The second-order valence-corrected chi connectivity index (χ2v) is 6.79. The van der Waals surface area contributed by atoms with Crippen molar-refractivity contribution in [3.8, 4) is 11.3 Å². The number of aryl methyl sites for hydroxylation is 1. The molecular formula is C17H19N5OS. The van der Waals surface area contributed by atoms with Gasteiger partial charge in [0.1, 0.15) is 5.82 Å². The molecule has 0 saturated carbocycles. The van der Waals surface area contributed by atoms with Crippen LogP contribution in [0.3, 0.4) is 0 Å². The minimum Gasteiger partial charge on any atom is -0.351 e. The van der Waals surface area contributed by atoms with Crippen molar-refractivity contribution in [3.05, 3.63) is 47.5 Å². The molecule has 7 heteroatoms. The Kier molecular flexibility index (Phi) is 4.35. The summed E-state index contributed by atoms with van der Waals surface area (Å²) < 4.78 is 1.64. The molecule has 0 fully saturated rings. The molecule has 0 aliphatic carbocycles. The summed E-state index contributed by atoms with van der Waals surface area (Å²) in [6.45, 7) is 4.17. The first-order valence-corrected chi connectivity index (χ1v) is 8.43. The molecule has 3 aromatic rings. The van der Waals surface area contributed by atoms with Crippen molar-refractivity contribution >= 4 is 28.3 Å². The van der Waals surface area contributed by atoms with Crippen molar-refractivity contribution in [1.29, 1.82) is 0 Å². The topological polar surface area (TPSA) is 77.0 Å². The summed E-state index contributed by atoms with van der Waals surface area (Å²) in [6, 6.07) is 11.1. The van der Waals surface area contributed by atoms with Crippen LogP contribution >= 0.6 is 11.3 Å². The summed E-state index contributed by atoms with van der Waals surface area (Å²) in [6.07, 6.45) is 1.79. The lowest BCUT2D eigenvalue weighted by Crippen LogP contribution is -2.32. The third kappa shape index (κ3) is 3.03. The summed E-state index contributed by atoms with van der Waals surface area (Å²) in [7, 11) is 1.79. The zero-order valence-electron chi connectivity index (χ0n) is 13.8. The first kappa shape index (κ1) is 16.2. The third-order valence-electron chi connectivity index (χ3n) is 3.65. The lowest BCUT2D eigenvalue weighted by Gasteiger charge is -2.16. The number of primary amides is 1. The number of anilines is 2. The molecule has 0 unspecified atom stereocenters. The van der Waals surface area contributed by atoms with E-state index in [1.54, 1.807) is 17.9 Å². The smallest absolute Gasteiger partial charge is 0.326 e. The molecule has 0 atom stereocenters. The SMILES string of the molecule is CC(C)c1cnc(N(C(N)=O)c2cc(-c3ccccc3)nn2C)s1. The molecule has 2 aromatic heterocycles. The minimum atomic E-state index is -0.581. The van der Waals surface area contributed by atoms with Gasteiger partial charge in [0.15, 0.2) is 5.13 Å². The molecule has 2 N–H and O–H groups in total. The molecule has 24 heavy (non-hydrogen) atoms. The summed E-state index contributed by atoms with van der Waals surface area (Å²) >= 11 is 1.46. The van der Waals surface area contributed by atoms with E-state index in [-0.39, 0.29) is 0 Å². The van der Waals surface area contributed by atoms with Gasteiger partial charge in [0.05, 0.1) is 5.69 Å². The Balaban J connectivity index is 2.03. The highest BCUT2D eigenvalue weighted by atomic mass is 32.1. The lowest BCUT2D eigenvalue weighted by atomic mass is 10.1. The number of aromatic nitrogens is 3. The number of nitrogens with two attached hydrogens (primary N) is 1. The van der Waals surface area contributed by atoms with Crippen molar-refractivity contribution in [3.63, 3.8) is 0 Å². The van der Waals surface area contributed by atoms with Gasteiger partial charge in [-0.25, -0.2) is 14.7 Å². The second kappa shape index (κ2) is 6.45.